The number of halogens is 1. The fraction of sp³-hybridized carbons (Fsp3) is 0.455. The fourth-order valence-electron chi connectivity index (χ4n) is 1.80. The summed E-state index contributed by atoms with van der Waals surface area (Å²) in [6.07, 6.45) is 0. The third kappa shape index (κ3) is 1.79. The van der Waals surface area contributed by atoms with Crippen molar-refractivity contribution in [2.24, 2.45) is 11.7 Å². The summed E-state index contributed by atoms with van der Waals surface area (Å²) in [4.78, 5) is 0. The van der Waals surface area contributed by atoms with Crippen LogP contribution in [0.3, 0.4) is 0 Å². The van der Waals surface area contributed by atoms with Crippen LogP contribution in [0.2, 0.25) is 5.02 Å². The highest BCUT2D eigenvalue weighted by Gasteiger charge is 2.22. The third-order valence-electron chi connectivity index (χ3n) is 2.75. The zero-order chi connectivity index (χ0) is 10.1. The SMILES string of the molecule is CC1CSCc2c(Cl)cccc2C1N. The van der Waals surface area contributed by atoms with Gasteiger partial charge >= 0.3 is 0 Å². The standard InChI is InChI=1S/C11H14ClNS/c1-7-5-14-6-9-8(11(7)13)3-2-4-10(9)12/h2-4,7,11H,5-6,13H2,1H3. The molecule has 0 radical (unpaired) electrons. The van der Waals surface area contributed by atoms with Crippen LogP contribution in [0.25, 0.3) is 0 Å². The summed E-state index contributed by atoms with van der Waals surface area (Å²) in [6.45, 7) is 2.20. The molecule has 0 spiro atoms. The first-order chi connectivity index (χ1) is 6.70. The Morgan fingerprint density at radius 2 is 2.29 bits per heavy atom. The molecule has 14 heavy (non-hydrogen) atoms. The number of rotatable bonds is 0. The summed E-state index contributed by atoms with van der Waals surface area (Å²) in [5.41, 5.74) is 8.65. The van der Waals surface area contributed by atoms with E-state index in [0.29, 0.717) is 5.92 Å². The highest BCUT2D eigenvalue weighted by molar-refractivity contribution is 7.98. The van der Waals surface area contributed by atoms with E-state index >= 15 is 0 Å². The summed E-state index contributed by atoms with van der Waals surface area (Å²) in [5, 5.41) is 0.861. The Morgan fingerprint density at radius 1 is 1.50 bits per heavy atom. The Labute approximate surface area is 94.0 Å². The molecule has 0 fully saturated rings. The second-order valence-corrected chi connectivity index (χ2v) is 5.26. The number of hydrogen-bond acceptors (Lipinski definition) is 2. The van der Waals surface area contributed by atoms with Gasteiger partial charge in [0.25, 0.3) is 0 Å². The molecule has 1 aliphatic rings. The molecule has 1 aromatic carbocycles. The van der Waals surface area contributed by atoms with E-state index < -0.39 is 0 Å². The van der Waals surface area contributed by atoms with Crippen LogP contribution in [0.5, 0.6) is 0 Å². The summed E-state index contributed by atoms with van der Waals surface area (Å²) >= 11 is 8.08. The van der Waals surface area contributed by atoms with Crippen molar-refractivity contribution in [2.45, 2.75) is 18.7 Å². The molecule has 0 amide bonds. The molecule has 2 atom stereocenters. The number of nitrogens with two attached hydrogens (primary N) is 1. The Kier molecular flexibility index (Phi) is 3.05. The fourth-order valence-corrected chi connectivity index (χ4v) is 3.35. The quantitative estimate of drug-likeness (QED) is 0.737. The van der Waals surface area contributed by atoms with Crippen molar-refractivity contribution >= 4 is 23.4 Å². The molecule has 1 nitrogen and oxygen atoms in total. The van der Waals surface area contributed by atoms with Crippen LogP contribution in [0.4, 0.5) is 0 Å². The van der Waals surface area contributed by atoms with E-state index in [-0.39, 0.29) is 6.04 Å². The van der Waals surface area contributed by atoms with E-state index in [2.05, 4.69) is 13.0 Å². The molecule has 0 aromatic heterocycles. The monoisotopic (exact) mass is 227 g/mol. The first kappa shape index (κ1) is 10.3. The topological polar surface area (TPSA) is 26.0 Å². The Hall–Kier alpha value is -0.180. The first-order valence-corrected chi connectivity index (χ1v) is 6.34. The second kappa shape index (κ2) is 4.13. The molecule has 0 bridgehead atoms. The Balaban J connectivity index is 2.48. The lowest BCUT2D eigenvalue weighted by molar-refractivity contribution is 0.524. The Morgan fingerprint density at radius 3 is 3.07 bits per heavy atom. The first-order valence-electron chi connectivity index (χ1n) is 4.80. The predicted molar refractivity (Wildman–Crippen MR) is 63.7 cm³/mol. The zero-order valence-corrected chi connectivity index (χ0v) is 9.74. The molecule has 0 aliphatic carbocycles. The Bertz CT molecular complexity index is 340. The van der Waals surface area contributed by atoms with E-state index in [1.807, 2.05) is 23.9 Å². The highest BCUT2D eigenvalue weighted by atomic mass is 35.5. The van der Waals surface area contributed by atoms with Gasteiger partial charge in [0.1, 0.15) is 0 Å². The minimum absolute atomic E-state index is 0.138. The molecule has 2 rings (SSSR count). The lowest BCUT2D eigenvalue weighted by Crippen LogP contribution is -2.20. The highest BCUT2D eigenvalue weighted by Crippen LogP contribution is 2.35. The maximum atomic E-state index is 6.19. The van der Waals surface area contributed by atoms with Gasteiger partial charge in [-0.25, -0.2) is 0 Å². The van der Waals surface area contributed by atoms with Crippen LogP contribution in [0, 0.1) is 5.92 Å². The summed E-state index contributed by atoms with van der Waals surface area (Å²) < 4.78 is 0. The maximum absolute atomic E-state index is 6.19. The van der Waals surface area contributed by atoms with Crippen LogP contribution in [0.15, 0.2) is 18.2 Å². The molecular weight excluding hydrogens is 214 g/mol. The molecule has 0 saturated carbocycles. The maximum Gasteiger partial charge on any atom is 0.0449 e. The molecule has 1 aromatic rings. The van der Waals surface area contributed by atoms with Crippen molar-refractivity contribution in [1.82, 2.24) is 0 Å². The average Bonchev–Trinajstić information content (AvgIpc) is 2.31. The van der Waals surface area contributed by atoms with Crippen molar-refractivity contribution in [3.8, 4) is 0 Å². The van der Waals surface area contributed by atoms with Crippen LogP contribution >= 0.6 is 23.4 Å². The van der Waals surface area contributed by atoms with Gasteiger partial charge in [-0.15, -0.1) is 0 Å². The van der Waals surface area contributed by atoms with E-state index in [0.717, 1.165) is 16.5 Å². The third-order valence-corrected chi connectivity index (χ3v) is 4.36. The summed E-state index contributed by atoms with van der Waals surface area (Å²) in [5.74, 6) is 2.64. The molecule has 2 unspecified atom stereocenters. The summed E-state index contributed by atoms with van der Waals surface area (Å²) in [7, 11) is 0. The van der Waals surface area contributed by atoms with E-state index in [1.165, 1.54) is 11.1 Å². The van der Waals surface area contributed by atoms with Gasteiger partial charge in [0, 0.05) is 16.8 Å². The van der Waals surface area contributed by atoms with E-state index in [1.54, 1.807) is 0 Å². The molecule has 1 aliphatic heterocycles. The van der Waals surface area contributed by atoms with Crippen LogP contribution in [-0.2, 0) is 5.75 Å². The molecular formula is C11H14ClNS. The lowest BCUT2D eigenvalue weighted by atomic mass is 9.94. The predicted octanol–water partition coefficient (Wildman–Crippen LogP) is 3.22. The van der Waals surface area contributed by atoms with Crippen LogP contribution in [0.1, 0.15) is 24.1 Å². The van der Waals surface area contributed by atoms with Crippen molar-refractivity contribution in [3.63, 3.8) is 0 Å². The van der Waals surface area contributed by atoms with Gasteiger partial charge in [-0.1, -0.05) is 30.7 Å². The molecule has 3 heteroatoms. The van der Waals surface area contributed by atoms with Crippen molar-refractivity contribution < 1.29 is 0 Å². The van der Waals surface area contributed by atoms with Gasteiger partial charge in [-0.2, -0.15) is 11.8 Å². The van der Waals surface area contributed by atoms with Crippen LogP contribution < -0.4 is 5.73 Å². The minimum atomic E-state index is 0.138. The van der Waals surface area contributed by atoms with Crippen LogP contribution in [-0.4, -0.2) is 5.75 Å². The number of benzene rings is 1. The van der Waals surface area contributed by atoms with Gasteiger partial charge in [0.15, 0.2) is 0 Å². The molecule has 0 saturated heterocycles. The van der Waals surface area contributed by atoms with Gasteiger partial charge < -0.3 is 5.73 Å². The molecule has 2 N–H and O–H groups in total. The molecule has 1 heterocycles. The van der Waals surface area contributed by atoms with Crippen molar-refractivity contribution in [3.05, 3.63) is 34.3 Å². The van der Waals surface area contributed by atoms with Gasteiger partial charge in [0.2, 0.25) is 0 Å². The number of fused-ring (bicyclic) bond motifs is 1. The van der Waals surface area contributed by atoms with Gasteiger partial charge in [0.05, 0.1) is 0 Å². The van der Waals surface area contributed by atoms with Crippen molar-refractivity contribution in [1.29, 1.82) is 0 Å². The summed E-state index contributed by atoms with van der Waals surface area (Å²) in [6, 6.07) is 6.18. The normalized spacial score (nSPS) is 26.8. The largest absolute Gasteiger partial charge is 0.324 e. The van der Waals surface area contributed by atoms with Gasteiger partial charge in [-0.05, 0) is 28.9 Å². The van der Waals surface area contributed by atoms with Gasteiger partial charge in [-0.3, -0.25) is 0 Å². The van der Waals surface area contributed by atoms with Crippen molar-refractivity contribution in [2.75, 3.05) is 5.75 Å². The molecule has 76 valence electrons. The number of hydrogen-bond donors (Lipinski definition) is 1. The lowest BCUT2D eigenvalue weighted by Gasteiger charge is -2.18. The van der Waals surface area contributed by atoms with E-state index in [9.17, 15) is 0 Å². The number of thioether (sulfide) groups is 1. The van der Waals surface area contributed by atoms with E-state index in [4.69, 9.17) is 17.3 Å². The average molecular weight is 228 g/mol. The second-order valence-electron chi connectivity index (χ2n) is 3.83. The zero-order valence-electron chi connectivity index (χ0n) is 8.16. The minimum Gasteiger partial charge on any atom is -0.324 e. The smallest absolute Gasteiger partial charge is 0.0449 e.